The lowest BCUT2D eigenvalue weighted by Crippen LogP contribution is -2.27. The van der Waals surface area contributed by atoms with Crippen LogP contribution in [0.3, 0.4) is 0 Å². The highest BCUT2D eigenvalue weighted by molar-refractivity contribution is 5.70. The summed E-state index contributed by atoms with van der Waals surface area (Å²) in [7, 11) is 0. The van der Waals surface area contributed by atoms with Crippen molar-refractivity contribution in [2.24, 2.45) is 5.92 Å². The Bertz CT molecular complexity index is 387. The van der Waals surface area contributed by atoms with E-state index in [0.29, 0.717) is 19.0 Å². The Morgan fingerprint density at radius 2 is 1.79 bits per heavy atom. The monoisotopic (exact) mass is 265 g/mol. The van der Waals surface area contributed by atoms with Gasteiger partial charge in [-0.1, -0.05) is 38.1 Å². The molecule has 0 bridgehead atoms. The number of aliphatic carboxylic acids is 1. The lowest BCUT2D eigenvalue weighted by atomic mass is 10.1. The molecule has 1 aromatic carbocycles. The number of carboxylic acid groups (broad SMARTS) is 1. The molecule has 0 heterocycles. The molecule has 4 heteroatoms. The Morgan fingerprint density at radius 1 is 1.21 bits per heavy atom. The van der Waals surface area contributed by atoms with Crippen LogP contribution in [0.25, 0.3) is 0 Å². The Balaban J connectivity index is 2.31. The van der Waals surface area contributed by atoms with Gasteiger partial charge in [0.2, 0.25) is 0 Å². The summed E-state index contributed by atoms with van der Waals surface area (Å²) < 4.78 is 0. The van der Waals surface area contributed by atoms with Crippen molar-refractivity contribution in [1.29, 1.82) is 0 Å². The number of aliphatic hydroxyl groups is 1. The lowest BCUT2D eigenvalue weighted by molar-refractivity contribution is -0.136. The summed E-state index contributed by atoms with van der Waals surface area (Å²) >= 11 is 0. The Hall–Kier alpha value is -1.39. The Kier molecular flexibility index (Phi) is 6.53. The second-order valence-corrected chi connectivity index (χ2v) is 5.30. The van der Waals surface area contributed by atoms with Crippen molar-refractivity contribution in [3.05, 3.63) is 35.4 Å². The van der Waals surface area contributed by atoms with Gasteiger partial charge in [0, 0.05) is 13.1 Å². The summed E-state index contributed by atoms with van der Waals surface area (Å²) in [5, 5.41) is 21.6. The number of carboxylic acids is 1. The molecule has 0 saturated heterocycles. The first kappa shape index (κ1) is 15.7. The van der Waals surface area contributed by atoms with Crippen LogP contribution >= 0.6 is 0 Å². The molecule has 106 valence electrons. The minimum absolute atomic E-state index is 0.0564. The highest BCUT2D eigenvalue weighted by Crippen LogP contribution is 2.06. The zero-order valence-corrected chi connectivity index (χ0v) is 11.6. The van der Waals surface area contributed by atoms with Gasteiger partial charge in [-0.15, -0.1) is 0 Å². The van der Waals surface area contributed by atoms with Crippen LogP contribution in [0, 0.1) is 5.92 Å². The average Bonchev–Trinajstić information content (AvgIpc) is 2.29. The zero-order chi connectivity index (χ0) is 14.3. The third-order valence-corrected chi connectivity index (χ3v) is 2.83. The van der Waals surface area contributed by atoms with Gasteiger partial charge in [0.25, 0.3) is 0 Å². The Morgan fingerprint density at radius 3 is 2.32 bits per heavy atom. The molecule has 4 nitrogen and oxygen atoms in total. The summed E-state index contributed by atoms with van der Waals surface area (Å²) in [4.78, 5) is 10.5. The van der Waals surface area contributed by atoms with Crippen molar-refractivity contribution in [2.45, 2.75) is 39.3 Å². The minimum Gasteiger partial charge on any atom is -0.481 e. The number of rotatable bonds is 8. The fourth-order valence-electron chi connectivity index (χ4n) is 1.96. The molecule has 0 aromatic heterocycles. The highest BCUT2D eigenvalue weighted by Gasteiger charge is 2.06. The lowest BCUT2D eigenvalue weighted by Gasteiger charge is -2.13. The van der Waals surface area contributed by atoms with E-state index in [1.165, 1.54) is 0 Å². The van der Waals surface area contributed by atoms with Gasteiger partial charge in [-0.2, -0.15) is 0 Å². The molecule has 3 N–H and O–H groups in total. The molecule has 1 aromatic rings. The van der Waals surface area contributed by atoms with Gasteiger partial charge in [-0.3, -0.25) is 4.79 Å². The van der Waals surface area contributed by atoms with Crippen molar-refractivity contribution in [2.75, 3.05) is 6.54 Å². The standard InChI is InChI=1S/C15H23NO3/c1-11(2)7-14(17)10-16-9-13-5-3-12(4-6-13)8-15(18)19/h3-6,11,14,16-17H,7-10H2,1-2H3,(H,18,19). The van der Waals surface area contributed by atoms with Gasteiger partial charge in [0.1, 0.15) is 0 Å². The molecular formula is C15H23NO3. The Labute approximate surface area is 114 Å². The van der Waals surface area contributed by atoms with E-state index in [0.717, 1.165) is 17.5 Å². The van der Waals surface area contributed by atoms with E-state index in [1.54, 1.807) is 0 Å². The van der Waals surface area contributed by atoms with Gasteiger partial charge in [-0.05, 0) is 23.5 Å². The third kappa shape index (κ3) is 6.94. The molecule has 0 aliphatic heterocycles. The SMILES string of the molecule is CC(C)CC(O)CNCc1ccc(CC(=O)O)cc1. The summed E-state index contributed by atoms with van der Waals surface area (Å²) in [6, 6.07) is 7.49. The number of hydrogen-bond acceptors (Lipinski definition) is 3. The fourth-order valence-corrected chi connectivity index (χ4v) is 1.96. The van der Waals surface area contributed by atoms with Gasteiger partial charge < -0.3 is 15.5 Å². The third-order valence-electron chi connectivity index (χ3n) is 2.83. The van der Waals surface area contributed by atoms with E-state index in [-0.39, 0.29) is 12.5 Å². The fraction of sp³-hybridized carbons (Fsp3) is 0.533. The maximum Gasteiger partial charge on any atom is 0.307 e. The molecule has 0 saturated carbocycles. The molecule has 1 atom stereocenters. The molecule has 0 amide bonds. The van der Waals surface area contributed by atoms with Crippen molar-refractivity contribution >= 4 is 5.97 Å². The first-order valence-electron chi connectivity index (χ1n) is 6.65. The molecule has 1 unspecified atom stereocenters. The predicted molar refractivity (Wildman–Crippen MR) is 75.0 cm³/mol. The van der Waals surface area contributed by atoms with Crippen LogP contribution in [0.5, 0.6) is 0 Å². The quantitative estimate of drug-likeness (QED) is 0.670. The number of carbonyl (C=O) groups is 1. The van der Waals surface area contributed by atoms with Crippen molar-refractivity contribution in [3.63, 3.8) is 0 Å². The highest BCUT2D eigenvalue weighted by atomic mass is 16.4. The largest absolute Gasteiger partial charge is 0.481 e. The van der Waals surface area contributed by atoms with Crippen LogP contribution in [0.15, 0.2) is 24.3 Å². The maximum absolute atomic E-state index is 10.5. The van der Waals surface area contributed by atoms with E-state index in [2.05, 4.69) is 19.2 Å². The van der Waals surface area contributed by atoms with Gasteiger partial charge >= 0.3 is 5.97 Å². The second-order valence-electron chi connectivity index (χ2n) is 5.30. The van der Waals surface area contributed by atoms with Crippen LogP contribution < -0.4 is 5.32 Å². The van der Waals surface area contributed by atoms with Crippen LogP contribution in [-0.4, -0.2) is 28.8 Å². The molecule has 1 rings (SSSR count). The van der Waals surface area contributed by atoms with Gasteiger partial charge in [0.15, 0.2) is 0 Å². The molecule has 0 aliphatic carbocycles. The summed E-state index contributed by atoms with van der Waals surface area (Å²) in [6.07, 6.45) is 0.539. The van der Waals surface area contributed by atoms with Crippen LogP contribution in [-0.2, 0) is 17.8 Å². The minimum atomic E-state index is -0.817. The van der Waals surface area contributed by atoms with Crippen LogP contribution in [0.4, 0.5) is 0 Å². The average molecular weight is 265 g/mol. The molecule has 0 fully saturated rings. The van der Waals surface area contributed by atoms with E-state index in [1.807, 2.05) is 24.3 Å². The molecular weight excluding hydrogens is 242 g/mol. The molecule has 19 heavy (non-hydrogen) atoms. The van der Waals surface area contributed by atoms with Crippen LogP contribution in [0.2, 0.25) is 0 Å². The van der Waals surface area contributed by atoms with Crippen molar-refractivity contribution in [3.8, 4) is 0 Å². The number of nitrogens with one attached hydrogen (secondary N) is 1. The molecule has 0 radical (unpaired) electrons. The second kappa shape index (κ2) is 7.92. The summed E-state index contributed by atoms with van der Waals surface area (Å²) in [5.74, 6) is -0.324. The van der Waals surface area contributed by atoms with E-state index in [9.17, 15) is 9.90 Å². The topological polar surface area (TPSA) is 69.6 Å². The normalized spacial score (nSPS) is 12.6. The molecule has 0 spiro atoms. The van der Waals surface area contributed by atoms with E-state index >= 15 is 0 Å². The van der Waals surface area contributed by atoms with Crippen LogP contribution in [0.1, 0.15) is 31.4 Å². The zero-order valence-electron chi connectivity index (χ0n) is 11.6. The van der Waals surface area contributed by atoms with Gasteiger partial charge in [-0.25, -0.2) is 0 Å². The van der Waals surface area contributed by atoms with E-state index < -0.39 is 5.97 Å². The summed E-state index contributed by atoms with van der Waals surface area (Å²) in [5.41, 5.74) is 1.89. The summed E-state index contributed by atoms with van der Waals surface area (Å²) in [6.45, 7) is 5.44. The smallest absolute Gasteiger partial charge is 0.307 e. The number of aliphatic hydroxyl groups excluding tert-OH is 1. The molecule has 0 aliphatic rings. The first-order valence-corrected chi connectivity index (χ1v) is 6.65. The van der Waals surface area contributed by atoms with E-state index in [4.69, 9.17) is 5.11 Å². The van der Waals surface area contributed by atoms with Gasteiger partial charge in [0.05, 0.1) is 12.5 Å². The van der Waals surface area contributed by atoms with Crippen molar-refractivity contribution in [1.82, 2.24) is 5.32 Å². The number of hydrogen-bond donors (Lipinski definition) is 3. The predicted octanol–water partition coefficient (Wildman–Crippen LogP) is 1.81. The van der Waals surface area contributed by atoms with Crippen molar-refractivity contribution < 1.29 is 15.0 Å². The maximum atomic E-state index is 10.5. The number of benzene rings is 1. The first-order chi connectivity index (χ1) is 8.97.